The van der Waals surface area contributed by atoms with Crippen LogP contribution in [0.2, 0.25) is 0 Å². The minimum Gasteiger partial charge on any atom is -0.268 e. The molecule has 0 unspecified atom stereocenters. The molecule has 0 spiro atoms. The summed E-state index contributed by atoms with van der Waals surface area (Å²) < 4.78 is 0. The summed E-state index contributed by atoms with van der Waals surface area (Å²) in [6.07, 6.45) is 0.511. The number of fused-ring (bicyclic) bond motifs is 5. The van der Waals surface area contributed by atoms with E-state index in [0.29, 0.717) is 51.2 Å². The molecule has 2 aliphatic heterocycles. The molecule has 0 saturated heterocycles. The first-order chi connectivity index (χ1) is 24.9. The van der Waals surface area contributed by atoms with Crippen LogP contribution in [0.3, 0.4) is 0 Å². The van der Waals surface area contributed by atoms with Gasteiger partial charge in [-0.15, -0.1) is 0 Å². The molecule has 4 amide bonds. The number of carbonyl (C=O) groups excluding carboxylic acids is 4. The number of nitrogens with zero attached hydrogens (tertiary/aromatic N) is 2. The van der Waals surface area contributed by atoms with Crippen LogP contribution in [0.4, 0.5) is 11.4 Å². The van der Waals surface area contributed by atoms with Crippen LogP contribution in [0.25, 0.3) is 11.1 Å². The maximum Gasteiger partial charge on any atom is 0.266 e. The molecule has 0 N–H and O–H groups in total. The number of amides is 4. The first kappa shape index (κ1) is 29.8. The van der Waals surface area contributed by atoms with Gasteiger partial charge in [-0.2, -0.15) is 0 Å². The number of carbonyl (C=O) groups is 4. The van der Waals surface area contributed by atoms with Crippen LogP contribution < -0.4 is 9.80 Å². The number of hydrogen-bond donors (Lipinski definition) is 0. The maximum atomic E-state index is 13.6. The second kappa shape index (κ2) is 11.7. The topological polar surface area (TPSA) is 74.8 Å². The first-order valence-corrected chi connectivity index (χ1v) is 16.4. The molecule has 0 fully saturated rings. The molecule has 0 aromatic heterocycles. The van der Waals surface area contributed by atoms with Crippen molar-refractivity contribution in [3.05, 3.63) is 189 Å². The van der Waals surface area contributed by atoms with E-state index in [-0.39, 0.29) is 11.8 Å². The van der Waals surface area contributed by atoms with E-state index in [2.05, 4.69) is 23.7 Å². The SMILES string of the molecule is O=C1c2ccc(C#Cc3ccccc3)cc2C(=O)N1c1ccc2c(c1)Cc1cc(N3C(=O)c4ccc(C#Cc5ccccc5)cc4C3=O)ccc1-2. The van der Waals surface area contributed by atoms with Crippen LogP contribution in [0, 0.1) is 23.7 Å². The average molecular weight is 657 g/mol. The van der Waals surface area contributed by atoms with Crippen molar-refractivity contribution in [1.29, 1.82) is 0 Å². The number of benzene rings is 6. The molecule has 1 aliphatic carbocycles. The predicted molar refractivity (Wildman–Crippen MR) is 195 cm³/mol. The summed E-state index contributed by atoms with van der Waals surface area (Å²) in [4.78, 5) is 56.6. The molecule has 2 heterocycles. The molecule has 0 atom stereocenters. The van der Waals surface area contributed by atoms with E-state index in [0.717, 1.165) is 33.4 Å². The zero-order valence-electron chi connectivity index (χ0n) is 26.9. The Kier molecular flexibility index (Phi) is 6.84. The summed E-state index contributed by atoms with van der Waals surface area (Å²) >= 11 is 0. The van der Waals surface area contributed by atoms with E-state index in [1.165, 1.54) is 9.80 Å². The summed E-state index contributed by atoms with van der Waals surface area (Å²) in [6.45, 7) is 0. The van der Waals surface area contributed by atoms with Gasteiger partial charge in [0, 0.05) is 22.3 Å². The molecular formula is C45H24N2O4. The third-order valence-corrected chi connectivity index (χ3v) is 9.39. The Balaban J connectivity index is 0.956. The van der Waals surface area contributed by atoms with Gasteiger partial charge in [0.1, 0.15) is 0 Å². The van der Waals surface area contributed by atoms with E-state index in [9.17, 15) is 19.2 Å². The molecule has 6 nitrogen and oxygen atoms in total. The fourth-order valence-corrected chi connectivity index (χ4v) is 6.90. The smallest absolute Gasteiger partial charge is 0.266 e. The third-order valence-electron chi connectivity index (χ3n) is 9.39. The second-order valence-electron chi connectivity index (χ2n) is 12.5. The Morgan fingerprint density at radius 2 is 0.725 bits per heavy atom. The fourth-order valence-electron chi connectivity index (χ4n) is 6.90. The van der Waals surface area contributed by atoms with Crippen LogP contribution in [-0.4, -0.2) is 23.6 Å². The second-order valence-corrected chi connectivity index (χ2v) is 12.5. The lowest BCUT2D eigenvalue weighted by atomic mass is 10.0. The van der Waals surface area contributed by atoms with Gasteiger partial charge in [0.15, 0.2) is 0 Å². The Bertz CT molecular complexity index is 2470. The van der Waals surface area contributed by atoms with Crippen molar-refractivity contribution in [2.24, 2.45) is 0 Å². The minimum atomic E-state index is -0.393. The molecular weight excluding hydrogens is 633 g/mol. The molecule has 0 bridgehead atoms. The van der Waals surface area contributed by atoms with Crippen LogP contribution in [-0.2, 0) is 6.42 Å². The first-order valence-electron chi connectivity index (χ1n) is 16.4. The van der Waals surface area contributed by atoms with Gasteiger partial charge in [0.2, 0.25) is 0 Å². The van der Waals surface area contributed by atoms with Gasteiger partial charge in [-0.3, -0.25) is 19.2 Å². The number of rotatable bonds is 2. The number of hydrogen-bond acceptors (Lipinski definition) is 4. The van der Waals surface area contributed by atoms with E-state index in [1.807, 2.05) is 84.9 Å². The summed E-state index contributed by atoms with van der Waals surface area (Å²) in [5.74, 6) is 10.8. The lowest BCUT2D eigenvalue weighted by Gasteiger charge is -2.15. The van der Waals surface area contributed by atoms with E-state index in [4.69, 9.17) is 0 Å². The average Bonchev–Trinajstić information content (AvgIpc) is 3.74. The highest BCUT2D eigenvalue weighted by molar-refractivity contribution is 6.35. The molecule has 0 radical (unpaired) electrons. The van der Waals surface area contributed by atoms with Crippen LogP contribution in [0.15, 0.2) is 133 Å². The highest BCUT2D eigenvalue weighted by atomic mass is 16.2. The van der Waals surface area contributed by atoms with Gasteiger partial charge in [-0.05, 0) is 114 Å². The summed E-state index contributed by atoms with van der Waals surface area (Å²) in [7, 11) is 0. The quantitative estimate of drug-likeness (QED) is 0.142. The van der Waals surface area contributed by atoms with Crippen molar-refractivity contribution in [2.45, 2.75) is 6.42 Å². The Morgan fingerprint density at radius 1 is 0.353 bits per heavy atom. The lowest BCUT2D eigenvalue weighted by molar-refractivity contribution is 0.0910. The summed E-state index contributed by atoms with van der Waals surface area (Å²) in [5, 5.41) is 0. The number of imide groups is 2. The molecule has 3 aliphatic rings. The van der Waals surface area contributed by atoms with Crippen molar-refractivity contribution in [2.75, 3.05) is 9.80 Å². The molecule has 6 aromatic carbocycles. The van der Waals surface area contributed by atoms with Gasteiger partial charge in [0.25, 0.3) is 23.6 Å². The Morgan fingerprint density at radius 3 is 1.16 bits per heavy atom. The highest BCUT2D eigenvalue weighted by Gasteiger charge is 2.39. The molecule has 238 valence electrons. The fraction of sp³-hybridized carbons (Fsp3) is 0.0222. The summed E-state index contributed by atoms with van der Waals surface area (Å²) in [5.41, 5.74) is 9.13. The minimum absolute atomic E-state index is 0.324. The van der Waals surface area contributed by atoms with Crippen molar-refractivity contribution in [3.63, 3.8) is 0 Å². The summed E-state index contributed by atoms with van der Waals surface area (Å²) in [6, 6.07) is 40.4. The molecule has 6 heteroatoms. The molecule has 6 aromatic rings. The predicted octanol–water partition coefficient (Wildman–Crippen LogP) is 7.66. The normalized spacial score (nSPS) is 13.6. The van der Waals surface area contributed by atoms with Gasteiger partial charge in [-0.25, -0.2) is 9.80 Å². The van der Waals surface area contributed by atoms with Crippen molar-refractivity contribution >= 4 is 35.0 Å². The van der Waals surface area contributed by atoms with Gasteiger partial charge in [-0.1, -0.05) is 72.2 Å². The van der Waals surface area contributed by atoms with E-state index in [1.54, 1.807) is 48.5 Å². The van der Waals surface area contributed by atoms with Crippen LogP contribution in [0.5, 0.6) is 0 Å². The third kappa shape index (κ3) is 5.03. The van der Waals surface area contributed by atoms with Gasteiger partial charge >= 0.3 is 0 Å². The van der Waals surface area contributed by atoms with Gasteiger partial charge in [0.05, 0.1) is 33.6 Å². The Labute approximate surface area is 293 Å². The highest BCUT2D eigenvalue weighted by Crippen LogP contribution is 2.42. The van der Waals surface area contributed by atoms with Crippen molar-refractivity contribution < 1.29 is 19.2 Å². The lowest BCUT2D eigenvalue weighted by Crippen LogP contribution is -2.29. The zero-order valence-corrected chi connectivity index (χ0v) is 26.9. The molecule has 51 heavy (non-hydrogen) atoms. The maximum absolute atomic E-state index is 13.6. The molecule has 0 saturated carbocycles. The zero-order chi connectivity index (χ0) is 34.6. The van der Waals surface area contributed by atoms with Gasteiger partial charge < -0.3 is 0 Å². The van der Waals surface area contributed by atoms with Crippen LogP contribution >= 0.6 is 0 Å². The Hall–Kier alpha value is -7.28. The van der Waals surface area contributed by atoms with E-state index < -0.39 is 11.8 Å². The molecule has 9 rings (SSSR count). The van der Waals surface area contributed by atoms with Crippen molar-refractivity contribution in [1.82, 2.24) is 0 Å². The number of anilines is 2. The van der Waals surface area contributed by atoms with Crippen molar-refractivity contribution in [3.8, 4) is 34.8 Å². The monoisotopic (exact) mass is 656 g/mol. The van der Waals surface area contributed by atoms with E-state index >= 15 is 0 Å². The largest absolute Gasteiger partial charge is 0.268 e. The van der Waals surface area contributed by atoms with Crippen LogP contribution in [0.1, 0.15) is 74.8 Å². The standard InChI is InChI=1S/C45H24N2O4/c48-42-38-19-15-30(13-11-28-7-3-1-4-8-28)23-40(38)44(50)46(42)34-17-21-36-32(26-34)25-33-27-35(18-22-37(33)36)47-43(49)39-20-16-31(24-41(39)45(47)51)14-12-29-9-5-2-6-10-29/h1-10,15-24,26-27H,25H2.